The SMILES string of the molecule is CONCC(=O)Nc1ccc2c(c1O)C(O)=C1C(=O)[C@]3(O)C(O)=C(C(N)=O)C(=O)[C@@H](N(C)C)[C@@H]3[C@@H](O)[C@@H]1[C@H]2C. The van der Waals surface area contributed by atoms with Crippen LogP contribution in [0.1, 0.15) is 24.0 Å². The maximum atomic E-state index is 13.9. The quantitative estimate of drug-likeness (QED) is 0.117. The number of primary amides is 1. The predicted octanol–water partition coefficient (Wildman–Crippen LogP) is -1.41. The number of likely N-dealkylation sites (N-methyl/N-ethyl adjacent to an activating group) is 1. The number of nitrogens with one attached hydrogen (secondary N) is 2. The lowest BCUT2D eigenvalue weighted by Gasteiger charge is -2.53. The highest BCUT2D eigenvalue weighted by Gasteiger charge is 2.68. The number of Topliss-reactive ketones (excluding diaryl/α,β-unsaturated/α-hetero) is 2. The second-order valence-electron chi connectivity index (χ2n) is 10.0. The van der Waals surface area contributed by atoms with Gasteiger partial charge in [-0.25, -0.2) is 0 Å². The summed E-state index contributed by atoms with van der Waals surface area (Å²) in [5.74, 6) is -10.5. The minimum Gasteiger partial charge on any atom is -0.508 e. The van der Waals surface area contributed by atoms with E-state index in [1.54, 1.807) is 6.92 Å². The van der Waals surface area contributed by atoms with E-state index in [2.05, 4.69) is 15.6 Å². The molecule has 9 N–H and O–H groups in total. The van der Waals surface area contributed by atoms with Gasteiger partial charge in [0.2, 0.25) is 11.7 Å². The third-order valence-corrected chi connectivity index (χ3v) is 7.78. The molecular formula is C25H30N4O10. The van der Waals surface area contributed by atoms with Crippen molar-refractivity contribution in [1.82, 2.24) is 10.4 Å². The summed E-state index contributed by atoms with van der Waals surface area (Å²) in [6.45, 7) is 1.34. The van der Waals surface area contributed by atoms with Gasteiger partial charge in [-0.3, -0.25) is 24.1 Å². The second-order valence-corrected chi connectivity index (χ2v) is 10.0. The fourth-order valence-electron chi connectivity index (χ4n) is 6.05. The Morgan fingerprint density at radius 1 is 1.18 bits per heavy atom. The van der Waals surface area contributed by atoms with Crippen molar-refractivity contribution in [2.75, 3.05) is 33.1 Å². The molecular weight excluding hydrogens is 516 g/mol. The normalized spacial score (nSPS) is 30.2. The zero-order chi connectivity index (χ0) is 29.1. The number of phenols is 1. The Morgan fingerprint density at radius 3 is 2.38 bits per heavy atom. The predicted molar refractivity (Wildman–Crippen MR) is 134 cm³/mol. The van der Waals surface area contributed by atoms with E-state index in [0.29, 0.717) is 5.56 Å². The molecule has 14 heteroatoms. The summed E-state index contributed by atoms with van der Waals surface area (Å²) in [7, 11) is 4.17. The molecule has 0 spiro atoms. The minimum atomic E-state index is -3.00. The average Bonchev–Trinajstić information content (AvgIpc) is 2.85. The van der Waals surface area contributed by atoms with E-state index in [9.17, 15) is 44.7 Å². The number of phenolic OH excluding ortho intramolecular Hbond substituents is 1. The van der Waals surface area contributed by atoms with E-state index in [1.165, 1.54) is 38.2 Å². The van der Waals surface area contributed by atoms with Crippen molar-refractivity contribution in [1.29, 1.82) is 0 Å². The largest absolute Gasteiger partial charge is 0.508 e. The zero-order valence-corrected chi connectivity index (χ0v) is 21.6. The summed E-state index contributed by atoms with van der Waals surface area (Å²) in [6.07, 6.45) is -1.69. The number of anilines is 1. The molecule has 1 aromatic rings. The number of hydrogen-bond donors (Lipinski definition) is 8. The lowest BCUT2D eigenvalue weighted by atomic mass is 9.54. The van der Waals surface area contributed by atoms with Crippen molar-refractivity contribution in [3.63, 3.8) is 0 Å². The molecule has 1 aromatic carbocycles. The van der Waals surface area contributed by atoms with Crippen molar-refractivity contribution < 1.29 is 49.5 Å². The molecule has 3 aliphatic carbocycles. The number of aliphatic hydroxyl groups excluding tert-OH is 3. The number of benzene rings is 1. The Bertz CT molecular complexity index is 1350. The highest BCUT2D eigenvalue weighted by molar-refractivity contribution is 6.24. The summed E-state index contributed by atoms with van der Waals surface area (Å²) >= 11 is 0. The topological polar surface area (TPSA) is 232 Å². The fourth-order valence-corrected chi connectivity index (χ4v) is 6.05. The Hall–Kier alpha value is -3.82. The van der Waals surface area contributed by atoms with Crippen LogP contribution in [0.5, 0.6) is 5.75 Å². The molecule has 6 atom stereocenters. The Labute approximate surface area is 222 Å². The first-order chi connectivity index (χ1) is 18.2. The lowest BCUT2D eigenvalue weighted by molar-refractivity contribution is -0.169. The lowest BCUT2D eigenvalue weighted by Crippen LogP contribution is -2.70. The van der Waals surface area contributed by atoms with Crippen LogP contribution in [0.15, 0.2) is 29.0 Å². The van der Waals surface area contributed by atoms with Crippen LogP contribution in [0.4, 0.5) is 5.69 Å². The van der Waals surface area contributed by atoms with Crippen LogP contribution in [-0.2, 0) is 24.0 Å². The van der Waals surface area contributed by atoms with Crippen LogP contribution in [0.25, 0.3) is 5.76 Å². The highest BCUT2D eigenvalue weighted by Crippen LogP contribution is 2.56. The zero-order valence-electron chi connectivity index (χ0n) is 21.6. The minimum absolute atomic E-state index is 0.107. The van der Waals surface area contributed by atoms with E-state index < -0.39 is 87.3 Å². The summed E-state index contributed by atoms with van der Waals surface area (Å²) in [4.78, 5) is 57.2. The number of carbonyl (C=O) groups excluding carboxylic acids is 4. The third-order valence-electron chi connectivity index (χ3n) is 7.78. The van der Waals surface area contributed by atoms with Gasteiger partial charge in [-0.05, 0) is 31.6 Å². The standard InChI is InChI=1S/C25H30N4O10/c1-8-9-5-6-10(28-11(30)7-27-39-4)18(31)13(9)19(32)14-12(8)20(33)16-17(29(2)3)21(34)15(24(26)37)23(36)25(16,38)22(14)35/h5-6,8,12,16-17,20,27,31-33,36,38H,7H2,1-4H3,(H2,26,37)(H,28,30)/t8-,12+,16+,17-,20-,25-/m0/s1. The summed E-state index contributed by atoms with van der Waals surface area (Å²) < 4.78 is 0. The van der Waals surface area contributed by atoms with Crippen molar-refractivity contribution in [3.05, 3.63) is 40.2 Å². The molecule has 0 unspecified atom stereocenters. The number of nitrogens with zero attached hydrogens (tertiary/aromatic N) is 1. The number of fused-ring (bicyclic) bond motifs is 3. The summed E-state index contributed by atoms with van der Waals surface area (Å²) in [5, 5.41) is 58.9. The molecule has 0 saturated heterocycles. The molecule has 1 saturated carbocycles. The Kier molecular flexibility index (Phi) is 7.04. The number of rotatable bonds is 6. The van der Waals surface area contributed by atoms with Crippen molar-refractivity contribution in [3.8, 4) is 5.75 Å². The fraction of sp³-hybridized carbons (Fsp3) is 0.440. The Morgan fingerprint density at radius 2 is 1.82 bits per heavy atom. The molecule has 0 aromatic heterocycles. The van der Waals surface area contributed by atoms with Crippen LogP contribution in [-0.4, -0.2) is 99.3 Å². The van der Waals surface area contributed by atoms with E-state index in [1.807, 2.05) is 0 Å². The molecule has 210 valence electrons. The number of hydroxylamine groups is 1. The van der Waals surface area contributed by atoms with Gasteiger partial charge in [0.1, 0.15) is 29.4 Å². The van der Waals surface area contributed by atoms with Crippen LogP contribution < -0.4 is 16.5 Å². The van der Waals surface area contributed by atoms with E-state index >= 15 is 0 Å². The van der Waals surface area contributed by atoms with Gasteiger partial charge < -0.3 is 41.4 Å². The van der Waals surface area contributed by atoms with Crippen LogP contribution in [0.2, 0.25) is 0 Å². The average molecular weight is 547 g/mol. The molecule has 14 nitrogen and oxygen atoms in total. The number of carbonyl (C=O) groups is 4. The maximum Gasteiger partial charge on any atom is 0.255 e. The molecule has 2 amide bonds. The van der Waals surface area contributed by atoms with Crippen molar-refractivity contribution >= 4 is 34.8 Å². The number of nitrogens with two attached hydrogens (primary N) is 1. The smallest absolute Gasteiger partial charge is 0.255 e. The number of aliphatic hydroxyl groups is 4. The molecule has 0 aliphatic heterocycles. The molecule has 4 rings (SSSR count). The van der Waals surface area contributed by atoms with Crippen molar-refractivity contribution in [2.24, 2.45) is 17.6 Å². The van der Waals surface area contributed by atoms with Gasteiger partial charge in [-0.2, -0.15) is 5.48 Å². The number of amides is 2. The van der Waals surface area contributed by atoms with Crippen molar-refractivity contribution in [2.45, 2.75) is 30.6 Å². The van der Waals surface area contributed by atoms with Gasteiger partial charge in [0, 0.05) is 11.5 Å². The maximum absolute atomic E-state index is 13.9. The summed E-state index contributed by atoms with van der Waals surface area (Å²) in [6, 6.07) is 1.43. The molecule has 1 fully saturated rings. The van der Waals surface area contributed by atoms with Crippen LogP contribution in [0, 0.1) is 11.8 Å². The van der Waals surface area contributed by atoms with Gasteiger partial charge >= 0.3 is 0 Å². The molecule has 0 radical (unpaired) electrons. The number of ketones is 2. The third kappa shape index (κ3) is 3.91. The van der Waals surface area contributed by atoms with E-state index in [-0.39, 0.29) is 17.8 Å². The number of hydrogen-bond acceptors (Lipinski definition) is 12. The van der Waals surface area contributed by atoms with Gasteiger partial charge in [-0.1, -0.05) is 13.0 Å². The summed E-state index contributed by atoms with van der Waals surface area (Å²) in [5.41, 5.74) is 3.08. The second kappa shape index (κ2) is 9.73. The first-order valence-corrected chi connectivity index (χ1v) is 12.0. The van der Waals surface area contributed by atoms with Gasteiger partial charge in [0.05, 0.1) is 36.4 Å². The first kappa shape index (κ1) is 28.2. The monoisotopic (exact) mass is 546 g/mol. The highest BCUT2D eigenvalue weighted by atomic mass is 16.6. The van der Waals surface area contributed by atoms with Gasteiger partial charge in [-0.15, -0.1) is 0 Å². The Balaban J connectivity index is 1.94. The molecule has 3 aliphatic rings. The molecule has 39 heavy (non-hydrogen) atoms. The first-order valence-electron chi connectivity index (χ1n) is 12.0. The van der Waals surface area contributed by atoms with Crippen LogP contribution >= 0.6 is 0 Å². The van der Waals surface area contributed by atoms with E-state index in [0.717, 1.165) is 0 Å². The van der Waals surface area contributed by atoms with Crippen LogP contribution in [0.3, 0.4) is 0 Å². The van der Waals surface area contributed by atoms with E-state index in [4.69, 9.17) is 5.73 Å². The molecule has 0 bridgehead atoms. The van der Waals surface area contributed by atoms with Gasteiger partial charge in [0.25, 0.3) is 5.91 Å². The van der Waals surface area contributed by atoms with Gasteiger partial charge in [0.15, 0.2) is 11.4 Å². The molecule has 0 heterocycles. The number of aromatic hydroxyl groups is 1.